The molecule has 1 fully saturated rings. The molecule has 0 radical (unpaired) electrons. The van der Waals surface area contributed by atoms with Crippen LogP contribution in [0.2, 0.25) is 0 Å². The zero-order valence-electron chi connectivity index (χ0n) is 10.1. The first kappa shape index (κ1) is 11.4. The Morgan fingerprint density at radius 2 is 2.06 bits per heavy atom. The Labute approximate surface area is 97.3 Å². The fraction of sp³-hybridized carbons (Fsp3) is 0.583. The van der Waals surface area contributed by atoms with Gasteiger partial charge in [0.05, 0.1) is 0 Å². The first-order valence-electron chi connectivity index (χ1n) is 5.81. The van der Waals surface area contributed by atoms with E-state index in [4.69, 9.17) is 0 Å². The van der Waals surface area contributed by atoms with Crippen LogP contribution in [0.3, 0.4) is 0 Å². The average molecular weight is 220 g/mol. The highest BCUT2D eigenvalue weighted by Gasteiger charge is 2.13. The van der Waals surface area contributed by atoms with Crippen molar-refractivity contribution in [3.05, 3.63) is 23.9 Å². The van der Waals surface area contributed by atoms with Crippen LogP contribution in [-0.4, -0.2) is 55.1 Å². The highest BCUT2D eigenvalue weighted by atomic mass is 15.2. The highest BCUT2D eigenvalue weighted by Crippen LogP contribution is 2.10. The monoisotopic (exact) mass is 220 g/mol. The topological polar surface area (TPSA) is 31.4 Å². The molecule has 1 aromatic rings. The molecule has 88 valence electrons. The molecular formula is C12H20N4. The van der Waals surface area contributed by atoms with Crippen LogP contribution in [0.1, 0.15) is 5.56 Å². The van der Waals surface area contributed by atoms with E-state index >= 15 is 0 Å². The van der Waals surface area contributed by atoms with E-state index in [1.165, 1.54) is 18.7 Å². The summed E-state index contributed by atoms with van der Waals surface area (Å²) in [5.41, 5.74) is 1.34. The molecule has 2 rings (SSSR count). The van der Waals surface area contributed by atoms with Crippen molar-refractivity contribution in [2.24, 2.45) is 0 Å². The van der Waals surface area contributed by atoms with Crippen LogP contribution in [0.5, 0.6) is 0 Å². The number of aromatic nitrogens is 1. The third-order valence-electron chi connectivity index (χ3n) is 3.08. The van der Waals surface area contributed by atoms with E-state index in [-0.39, 0.29) is 0 Å². The van der Waals surface area contributed by atoms with Crippen molar-refractivity contribution in [1.29, 1.82) is 0 Å². The van der Waals surface area contributed by atoms with Crippen molar-refractivity contribution >= 4 is 5.82 Å². The smallest absolute Gasteiger partial charge is 0.125 e. The summed E-state index contributed by atoms with van der Waals surface area (Å²) in [6.45, 7) is 5.69. The number of hydrogen-bond acceptors (Lipinski definition) is 4. The quantitative estimate of drug-likeness (QED) is 0.819. The molecule has 0 amide bonds. The molecule has 0 unspecified atom stereocenters. The lowest BCUT2D eigenvalue weighted by atomic mass is 10.2. The molecule has 1 aliphatic heterocycles. The van der Waals surface area contributed by atoms with Crippen molar-refractivity contribution in [1.82, 2.24) is 14.8 Å². The zero-order chi connectivity index (χ0) is 11.4. The lowest BCUT2D eigenvalue weighted by molar-refractivity contribution is 0.148. The predicted octanol–water partition coefficient (Wildman–Crippen LogP) is 0.871. The Morgan fingerprint density at radius 3 is 2.75 bits per heavy atom. The summed E-state index contributed by atoms with van der Waals surface area (Å²) >= 11 is 0. The summed E-state index contributed by atoms with van der Waals surface area (Å²) in [4.78, 5) is 9.10. The molecule has 0 saturated carbocycles. The number of likely N-dealkylation sites (N-methyl/N-ethyl adjacent to an activating group) is 1. The fourth-order valence-electron chi connectivity index (χ4n) is 1.97. The molecule has 0 aromatic carbocycles. The van der Waals surface area contributed by atoms with Crippen LogP contribution in [0.25, 0.3) is 0 Å². The molecule has 4 nitrogen and oxygen atoms in total. The van der Waals surface area contributed by atoms with E-state index in [9.17, 15) is 0 Å². The second kappa shape index (κ2) is 5.27. The molecule has 0 bridgehead atoms. The zero-order valence-corrected chi connectivity index (χ0v) is 10.1. The van der Waals surface area contributed by atoms with Gasteiger partial charge in [0.15, 0.2) is 0 Å². The van der Waals surface area contributed by atoms with Gasteiger partial charge in [0.1, 0.15) is 5.82 Å². The van der Waals surface area contributed by atoms with Gasteiger partial charge < -0.3 is 10.2 Å². The molecule has 2 heterocycles. The number of nitrogens with one attached hydrogen (secondary N) is 1. The van der Waals surface area contributed by atoms with E-state index in [1.54, 1.807) is 0 Å². The maximum atomic E-state index is 4.23. The molecule has 1 aromatic heterocycles. The van der Waals surface area contributed by atoms with Gasteiger partial charge in [-0.2, -0.15) is 0 Å². The molecule has 4 heteroatoms. The van der Waals surface area contributed by atoms with Gasteiger partial charge in [0, 0.05) is 46.0 Å². The molecule has 0 aliphatic carbocycles. The van der Waals surface area contributed by atoms with E-state index in [1.807, 2.05) is 13.2 Å². The standard InChI is InChI=1S/C12H20N4/c1-13-12-9-11(3-4-14-12)10-16-7-5-15(2)6-8-16/h3-4,9H,5-8,10H2,1-2H3,(H,13,14). The summed E-state index contributed by atoms with van der Waals surface area (Å²) in [6.07, 6.45) is 1.87. The molecular weight excluding hydrogens is 200 g/mol. The second-order valence-corrected chi connectivity index (χ2v) is 4.38. The maximum absolute atomic E-state index is 4.23. The Balaban J connectivity index is 1.93. The van der Waals surface area contributed by atoms with Crippen LogP contribution in [0.4, 0.5) is 5.82 Å². The summed E-state index contributed by atoms with van der Waals surface area (Å²) in [5, 5.41) is 3.07. The van der Waals surface area contributed by atoms with Crippen molar-refractivity contribution in [2.75, 3.05) is 45.6 Å². The lowest BCUT2D eigenvalue weighted by Crippen LogP contribution is -2.43. The van der Waals surface area contributed by atoms with E-state index in [0.29, 0.717) is 0 Å². The van der Waals surface area contributed by atoms with Gasteiger partial charge in [-0.3, -0.25) is 4.90 Å². The summed E-state index contributed by atoms with van der Waals surface area (Å²) in [7, 11) is 4.09. The minimum Gasteiger partial charge on any atom is -0.373 e. The predicted molar refractivity (Wildman–Crippen MR) is 66.6 cm³/mol. The third kappa shape index (κ3) is 2.93. The number of hydrogen-bond donors (Lipinski definition) is 1. The molecule has 1 N–H and O–H groups in total. The van der Waals surface area contributed by atoms with Crippen LogP contribution < -0.4 is 5.32 Å². The largest absolute Gasteiger partial charge is 0.373 e. The van der Waals surface area contributed by atoms with Gasteiger partial charge in [-0.25, -0.2) is 4.98 Å². The van der Waals surface area contributed by atoms with Crippen LogP contribution in [0.15, 0.2) is 18.3 Å². The lowest BCUT2D eigenvalue weighted by Gasteiger charge is -2.32. The fourth-order valence-corrected chi connectivity index (χ4v) is 1.97. The van der Waals surface area contributed by atoms with Crippen LogP contribution >= 0.6 is 0 Å². The molecule has 0 spiro atoms. The van der Waals surface area contributed by atoms with Gasteiger partial charge in [-0.1, -0.05) is 0 Å². The van der Waals surface area contributed by atoms with E-state index < -0.39 is 0 Å². The van der Waals surface area contributed by atoms with Gasteiger partial charge in [-0.05, 0) is 24.7 Å². The number of anilines is 1. The SMILES string of the molecule is CNc1cc(CN2CCN(C)CC2)ccn1. The molecule has 1 saturated heterocycles. The van der Waals surface area contributed by atoms with Gasteiger partial charge in [0.2, 0.25) is 0 Å². The second-order valence-electron chi connectivity index (χ2n) is 4.38. The van der Waals surface area contributed by atoms with E-state index in [2.05, 4.69) is 39.3 Å². The number of nitrogens with zero attached hydrogens (tertiary/aromatic N) is 3. The Hall–Kier alpha value is -1.13. The number of rotatable bonds is 3. The molecule has 16 heavy (non-hydrogen) atoms. The van der Waals surface area contributed by atoms with Crippen molar-refractivity contribution < 1.29 is 0 Å². The average Bonchev–Trinajstić information content (AvgIpc) is 2.32. The number of piperazine rings is 1. The normalized spacial score (nSPS) is 18.6. The maximum Gasteiger partial charge on any atom is 0.125 e. The first-order valence-corrected chi connectivity index (χ1v) is 5.81. The van der Waals surface area contributed by atoms with Crippen molar-refractivity contribution in [2.45, 2.75) is 6.54 Å². The highest BCUT2D eigenvalue weighted by molar-refractivity contribution is 5.36. The molecule has 1 aliphatic rings. The van der Waals surface area contributed by atoms with Gasteiger partial charge in [0.25, 0.3) is 0 Å². The summed E-state index contributed by atoms with van der Waals surface area (Å²) in [6, 6.07) is 4.22. The first-order chi connectivity index (χ1) is 7.78. The van der Waals surface area contributed by atoms with Crippen molar-refractivity contribution in [3.8, 4) is 0 Å². The Morgan fingerprint density at radius 1 is 1.31 bits per heavy atom. The summed E-state index contributed by atoms with van der Waals surface area (Å²) in [5.74, 6) is 0.951. The van der Waals surface area contributed by atoms with Gasteiger partial charge >= 0.3 is 0 Å². The number of pyridine rings is 1. The van der Waals surface area contributed by atoms with Gasteiger partial charge in [-0.15, -0.1) is 0 Å². The Bertz CT molecular complexity index is 332. The summed E-state index contributed by atoms with van der Waals surface area (Å²) < 4.78 is 0. The van der Waals surface area contributed by atoms with Crippen LogP contribution in [0, 0.1) is 0 Å². The van der Waals surface area contributed by atoms with Crippen molar-refractivity contribution in [3.63, 3.8) is 0 Å². The van der Waals surface area contributed by atoms with E-state index in [0.717, 1.165) is 25.5 Å². The minimum atomic E-state index is 0.951. The third-order valence-corrected chi connectivity index (χ3v) is 3.08. The molecule has 0 atom stereocenters. The minimum absolute atomic E-state index is 0.951. The van der Waals surface area contributed by atoms with Crippen LogP contribution in [-0.2, 0) is 6.54 Å². The Kier molecular flexibility index (Phi) is 3.74.